The Bertz CT molecular complexity index is 594. The van der Waals surface area contributed by atoms with Crippen LogP contribution in [0.5, 0.6) is 0 Å². The predicted molar refractivity (Wildman–Crippen MR) is 79.1 cm³/mol. The normalized spacial score (nSPS) is 28.2. The lowest BCUT2D eigenvalue weighted by Gasteiger charge is -2.17. The summed E-state index contributed by atoms with van der Waals surface area (Å²) in [4.78, 5) is 26.1. The summed E-state index contributed by atoms with van der Waals surface area (Å²) in [5.41, 5.74) is 0. The van der Waals surface area contributed by atoms with E-state index in [1.54, 1.807) is 12.1 Å². The van der Waals surface area contributed by atoms with Crippen molar-refractivity contribution in [2.24, 2.45) is 11.8 Å². The number of hydrogen-bond acceptors (Lipinski definition) is 4. The molecule has 3 rings (SSSR count). The minimum absolute atomic E-state index is 0.0171. The Kier molecular flexibility index (Phi) is 3.82. The topological polar surface area (TPSA) is 77.8 Å². The van der Waals surface area contributed by atoms with Gasteiger partial charge in [0.1, 0.15) is 0 Å². The molecule has 1 aromatic heterocycles. The highest BCUT2D eigenvalue weighted by Gasteiger charge is 2.43. The summed E-state index contributed by atoms with van der Waals surface area (Å²) in [6.45, 7) is 1.35. The van der Waals surface area contributed by atoms with Crippen molar-refractivity contribution in [3.8, 4) is 0 Å². The number of carbonyl (C=O) groups excluding carboxylic acids is 1. The van der Waals surface area contributed by atoms with Crippen molar-refractivity contribution >= 4 is 29.3 Å². The summed E-state index contributed by atoms with van der Waals surface area (Å²) in [5.74, 6) is -0.371. The molecule has 6 heteroatoms. The van der Waals surface area contributed by atoms with E-state index in [1.807, 2.05) is 4.90 Å². The van der Waals surface area contributed by atoms with E-state index in [0.717, 1.165) is 30.3 Å². The first-order chi connectivity index (χ1) is 10.0. The van der Waals surface area contributed by atoms with Gasteiger partial charge in [0.2, 0.25) is 0 Å². The molecule has 0 radical (unpaired) electrons. The minimum Gasteiger partial charge on any atom is -0.478 e. The van der Waals surface area contributed by atoms with Crippen LogP contribution in [0.3, 0.4) is 0 Å². The van der Waals surface area contributed by atoms with Crippen molar-refractivity contribution in [3.63, 3.8) is 0 Å². The van der Waals surface area contributed by atoms with Crippen LogP contribution in [0, 0.1) is 11.8 Å². The summed E-state index contributed by atoms with van der Waals surface area (Å²) in [6, 6.07) is 3.49. The quantitative estimate of drug-likeness (QED) is 0.833. The lowest BCUT2D eigenvalue weighted by atomic mass is 10.00. The number of rotatable bonds is 3. The second-order valence-corrected chi connectivity index (χ2v) is 6.77. The van der Waals surface area contributed by atoms with Gasteiger partial charge in [-0.05, 0) is 37.0 Å². The van der Waals surface area contributed by atoms with E-state index in [0.29, 0.717) is 17.3 Å². The van der Waals surface area contributed by atoms with E-state index < -0.39 is 5.97 Å². The lowest BCUT2D eigenvalue weighted by molar-refractivity contribution is -0.131. The largest absolute Gasteiger partial charge is 0.478 e. The smallest absolute Gasteiger partial charge is 0.328 e. The molecule has 0 spiro atoms. The molecule has 1 amide bonds. The van der Waals surface area contributed by atoms with Crippen molar-refractivity contribution in [1.82, 2.24) is 4.90 Å². The molecule has 1 aromatic rings. The van der Waals surface area contributed by atoms with Gasteiger partial charge in [0.25, 0.3) is 5.91 Å². The first-order valence-corrected chi connectivity index (χ1v) is 7.84. The molecule has 2 N–H and O–H groups in total. The van der Waals surface area contributed by atoms with Crippen LogP contribution in [0.2, 0.25) is 0 Å². The van der Waals surface area contributed by atoms with Crippen molar-refractivity contribution in [2.45, 2.75) is 18.9 Å². The van der Waals surface area contributed by atoms with Gasteiger partial charge in [0.05, 0.1) is 11.0 Å². The second kappa shape index (κ2) is 5.61. The van der Waals surface area contributed by atoms with Crippen LogP contribution >= 0.6 is 11.3 Å². The zero-order chi connectivity index (χ0) is 15.0. The van der Waals surface area contributed by atoms with Gasteiger partial charge >= 0.3 is 5.97 Å². The molecule has 0 aromatic carbocycles. The number of carbonyl (C=O) groups is 2. The van der Waals surface area contributed by atoms with Crippen molar-refractivity contribution < 1.29 is 19.8 Å². The molecule has 1 aliphatic carbocycles. The third-order valence-electron chi connectivity index (χ3n) is 4.33. The molecule has 3 unspecified atom stereocenters. The zero-order valence-electron chi connectivity index (χ0n) is 11.4. The number of aliphatic carboxylic acids is 1. The van der Waals surface area contributed by atoms with Crippen molar-refractivity contribution in [2.75, 3.05) is 13.1 Å². The predicted octanol–water partition coefficient (Wildman–Crippen LogP) is 1.69. The maximum absolute atomic E-state index is 12.5. The molecule has 2 fully saturated rings. The molecule has 2 heterocycles. The van der Waals surface area contributed by atoms with Crippen LogP contribution < -0.4 is 0 Å². The number of aliphatic hydroxyl groups excluding tert-OH is 1. The molecule has 1 saturated carbocycles. The number of aliphatic hydroxyl groups is 1. The molecular weight excluding hydrogens is 290 g/mol. The van der Waals surface area contributed by atoms with Crippen LogP contribution in [0.1, 0.15) is 27.4 Å². The van der Waals surface area contributed by atoms with E-state index in [-0.39, 0.29) is 17.9 Å². The van der Waals surface area contributed by atoms with Gasteiger partial charge in [0.15, 0.2) is 0 Å². The Labute approximate surface area is 126 Å². The molecule has 2 aliphatic rings. The van der Waals surface area contributed by atoms with Gasteiger partial charge in [-0.3, -0.25) is 4.79 Å². The Hall–Kier alpha value is -1.66. The molecule has 1 saturated heterocycles. The number of carboxylic acids is 1. The highest BCUT2D eigenvalue weighted by atomic mass is 32.1. The standard InChI is InChI=1S/C15H17NO4S/c17-12-4-1-9-7-16(8-11(9)12)15(20)13-5-2-10(21-13)3-6-14(18)19/h2-3,5-6,9,11-12,17H,1,4,7-8H2,(H,18,19)/b6-3+. The van der Waals surface area contributed by atoms with Gasteiger partial charge in [-0.1, -0.05) is 0 Å². The number of thiophene rings is 1. The first kappa shape index (κ1) is 14.3. The minimum atomic E-state index is -1.00. The summed E-state index contributed by atoms with van der Waals surface area (Å²) < 4.78 is 0. The third kappa shape index (κ3) is 2.87. The molecule has 112 valence electrons. The Morgan fingerprint density at radius 2 is 2.10 bits per heavy atom. The molecule has 0 bridgehead atoms. The monoisotopic (exact) mass is 307 g/mol. The van der Waals surface area contributed by atoms with Crippen LogP contribution in [0.15, 0.2) is 18.2 Å². The average Bonchev–Trinajstić information content (AvgIpc) is 3.13. The average molecular weight is 307 g/mol. The Balaban J connectivity index is 1.68. The zero-order valence-corrected chi connectivity index (χ0v) is 12.3. The van der Waals surface area contributed by atoms with Crippen molar-refractivity contribution in [3.05, 3.63) is 28.0 Å². The van der Waals surface area contributed by atoms with E-state index in [4.69, 9.17) is 5.11 Å². The van der Waals surface area contributed by atoms with Crippen LogP contribution in [0.25, 0.3) is 6.08 Å². The van der Waals surface area contributed by atoms with Gasteiger partial charge in [0, 0.05) is 30.0 Å². The number of amides is 1. The summed E-state index contributed by atoms with van der Waals surface area (Å²) in [6.07, 6.45) is 4.13. The number of fused-ring (bicyclic) bond motifs is 1. The highest BCUT2D eigenvalue weighted by Crippen LogP contribution is 2.38. The number of hydrogen-bond donors (Lipinski definition) is 2. The molecule has 5 nitrogen and oxygen atoms in total. The Morgan fingerprint density at radius 3 is 2.81 bits per heavy atom. The fraction of sp³-hybridized carbons (Fsp3) is 0.467. The maximum atomic E-state index is 12.5. The number of carboxylic acid groups (broad SMARTS) is 1. The van der Waals surface area contributed by atoms with Gasteiger partial charge in [-0.15, -0.1) is 11.3 Å². The fourth-order valence-electron chi connectivity index (χ4n) is 3.27. The van der Waals surface area contributed by atoms with E-state index in [1.165, 1.54) is 17.4 Å². The maximum Gasteiger partial charge on any atom is 0.328 e. The van der Waals surface area contributed by atoms with Gasteiger partial charge in [-0.2, -0.15) is 0 Å². The van der Waals surface area contributed by atoms with Crippen molar-refractivity contribution in [1.29, 1.82) is 0 Å². The van der Waals surface area contributed by atoms with Crippen LogP contribution in [-0.4, -0.2) is 46.2 Å². The fourth-order valence-corrected chi connectivity index (χ4v) is 4.15. The van der Waals surface area contributed by atoms with E-state index in [9.17, 15) is 14.7 Å². The highest BCUT2D eigenvalue weighted by molar-refractivity contribution is 7.14. The number of nitrogens with zero attached hydrogens (tertiary/aromatic N) is 1. The summed E-state index contributed by atoms with van der Waals surface area (Å²) in [5, 5.41) is 18.5. The lowest BCUT2D eigenvalue weighted by Crippen LogP contribution is -2.30. The van der Waals surface area contributed by atoms with Crippen LogP contribution in [0.4, 0.5) is 0 Å². The third-order valence-corrected chi connectivity index (χ3v) is 5.37. The van der Waals surface area contributed by atoms with E-state index >= 15 is 0 Å². The summed E-state index contributed by atoms with van der Waals surface area (Å²) >= 11 is 1.29. The molecule has 3 atom stereocenters. The van der Waals surface area contributed by atoms with Gasteiger partial charge < -0.3 is 15.1 Å². The van der Waals surface area contributed by atoms with Gasteiger partial charge in [-0.25, -0.2) is 4.79 Å². The first-order valence-electron chi connectivity index (χ1n) is 7.03. The Morgan fingerprint density at radius 1 is 1.29 bits per heavy atom. The summed E-state index contributed by atoms with van der Waals surface area (Å²) in [7, 11) is 0. The number of likely N-dealkylation sites (tertiary alicyclic amines) is 1. The second-order valence-electron chi connectivity index (χ2n) is 5.65. The molecular formula is C15H17NO4S. The molecule has 1 aliphatic heterocycles. The SMILES string of the molecule is O=C(O)/C=C/c1ccc(C(=O)N2CC3CCC(O)C3C2)s1. The van der Waals surface area contributed by atoms with E-state index in [2.05, 4.69) is 0 Å². The molecule has 21 heavy (non-hydrogen) atoms. The van der Waals surface area contributed by atoms with Crippen LogP contribution in [-0.2, 0) is 4.79 Å².